The van der Waals surface area contributed by atoms with Crippen molar-refractivity contribution >= 4 is 0 Å². The Labute approximate surface area is 79.9 Å². The van der Waals surface area contributed by atoms with E-state index in [4.69, 9.17) is 0 Å². The van der Waals surface area contributed by atoms with Crippen LogP contribution < -0.4 is 0 Å². The maximum Gasteiger partial charge on any atom is 0.125 e. The lowest BCUT2D eigenvalue weighted by atomic mass is 10.0. The second kappa shape index (κ2) is 2.71. The van der Waals surface area contributed by atoms with E-state index in [-0.39, 0.29) is 5.72 Å². The standard InChI is InChI=1S/C11H19NO/c13-11(12-7-3-4-8-12)9-5-1-2-6-10(9)11/h9-10,13H,1-8H2/t9-,10+,11?. The Morgan fingerprint density at radius 1 is 0.923 bits per heavy atom. The van der Waals surface area contributed by atoms with Gasteiger partial charge in [0.05, 0.1) is 0 Å². The molecule has 1 aliphatic heterocycles. The quantitative estimate of drug-likeness (QED) is 0.664. The fourth-order valence-electron chi connectivity index (χ4n) is 3.60. The lowest BCUT2D eigenvalue weighted by Gasteiger charge is -2.23. The van der Waals surface area contributed by atoms with Gasteiger partial charge in [0.15, 0.2) is 0 Å². The van der Waals surface area contributed by atoms with Gasteiger partial charge < -0.3 is 5.11 Å². The van der Waals surface area contributed by atoms with Crippen molar-refractivity contribution in [2.24, 2.45) is 11.8 Å². The number of rotatable bonds is 1. The largest absolute Gasteiger partial charge is 0.375 e. The lowest BCUT2D eigenvalue weighted by Crippen LogP contribution is -2.37. The molecule has 2 aliphatic carbocycles. The van der Waals surface area contributed by atoms with Crippen LogP contribution in [0.2, 0.25) is 0 Å². The van der Waals surface area contributed by atoms with Crippen LogP contribution in [0.5, 0.6) is 0 Å². The third-order valence-corrected chi connectivity index (χ3v) is 4.36. The minimum absolute atomic E-state index is 0.340. The monoisotopic (exact) mass is 181 g/mol. The first-order valence-electron chi connectivity index (χ1n) is 5.81. The Balaban J connectivity index is 1.75. The molecule has 2 nitrogen and oxygen atoms in total. The molecular weight excluding hydrogens is 162 g/mol. The SMILES string of the molecule is OC1(N2CCCC2)[C@@H]2CCCC[C@@H]21. The third kappa shape index (κ3) is 1.02. The van der Waals surface area contributed by atoms with Crippen LogP contribution in [0.3, 0.4) is 0 Å². The van der Waals surface area contributed by atoms with Gasteiger partial charge in [-0.2, -0.15) is 0 Å². The van der Waals surface area contributed by atoms with E-state index < -0.39 is 0 Å². The molecule has 13 heavy (non-hydrogen) atoms. The molecule has 0 bridgehead atoms. The zero-order valence-electron chi connectivity index (χ0n) is 8.21. The van der Waals surface area contributed by atoms with E-state index in [1.54, 1.807) is 0 Å². The van der Waals surface area contributed by atoms with Crippen molar-refractivity contribution in [1.29, 1.82) is 0 Å². The van der Waals surface area contributed by atoms with Gasteiger partial charge in [0.1, 0.15) is 5.72 Å². The molecule has 3 aliphatic rings. The van der Waals surface area contributed by atoms with Gasteiger partial charge in [0, 0.05) is 24.9 Å². The van der Waals surface area contributed by atoms with E-state index >= 15 is 0 Å². The van der Waals surface area contributed by atoms with Gasteiger partial charge in [-0.3, -0.25) is 4.90 Å². The van der Waals surface area contributed by atoms with Gasteiger partial charge in [0.25, 0.3) is 0 Å². The average Bonchev–Trinajstić information content (AvgIpc) is 2.62. The van der Waals surface area contributed by atoms with Gasteiger partial charge in [0.2, 0.25) is 0 Å². The summed E-state index contributed by atoms with van der Waals surface area (Å²) in [4.78, 5) is 2.35. The number of hydrogen-bond acceptors (Lipinski definition) is 2. The van der Waals surface area contributed by atoms with Crippen LogP contribution in [-0.4, -0.2) is 28.8 Å². The lowest BCUT2D eigenvalue weighted by molar-refractivity contribution is -0.0310. The normalized spacial score (nSPS) is 50.5. The molecule has 3 rings (SSSR count). The molecule has 1 unspecified atom stereocenters. The molecular formula is C11H19NO. The zero-order valence-corrected chi connectivity index (χ0v) is 8.21. The molecule has 0 amide bonds. The van der Waals surface area contributed by atoms with E-state index in [9.17, 15) is 5.11 Å². The molecule has 0 spiro atoms. The minimum atomic E-state index is -0.340. The fourth-order valence-corrected chi connectivity index (χ4v) is 3.60. The van der Waals surface area contributed by atoms with Crippen LogP contribution in [0.25, 0.3) is 0 Å². The minimum Gasteiger partial charge on any atom is -0.375 e. The van der Waals surface area contributed by atoms with Crippen LogP contribution in [0.4, 0.5) is 0 Å². The van der Waals surface area contributed by atoms with Crippen LogP contribution in [0, 0.1) is 11.8 Å². The summed E-state index contributed by atoms with van der Waals surface area (Å²) in [5.74, 6) is 1.28. The highest BCUT2D eigenvalue weighted by molar-refractivity contribution is 5.12. The van der Waals surface area contributed by atoms with Crippen molar-refractivity contribution in [1.82, 2.24) is 4.90 Å². The first kappa shape index (κ1) is 8.25. The predicted octanol–water partition coefficient (Wildman–Crippen LogP) is 1.59. The van der Waals surface area contributed by atoms with Crippen molar-refractivity contribution in [3.05, 3.63) is 0 Å². The van der Waals surface area contributed by atoms with Gasteiger partial charge in [-0.1, -0.05) is 12.8 Å². The van der Waals surface area contributed by atoms with E-state index in [0.717, 1.165) is 13.1 Å². The maximum atomic E-state index is 10.5. The Hall–Kier alpha value is -0.0800. The van der Waals surface area contributed by atoms with Crippen molar-refractivity contribution in [2.45, 2.75) is 44.2 Å². The molecule has 1 N–H and O–H groups in total. The summed E-state index contributed by atoms with van der Waals surface area (Å²) in [6.07, 6.45) is 7.83. The Morgan fingerprint density at radius 2 is 1.46 bits per heavy atom. The van der Waals surface area contributed by atoms with Crippen LogP contribution in [0.1, 0.15) is 38.5 Å². The van der Waals surface area contributed by atoms with Gasteiger partial charge in [-0.05, 0) is 25.7 Å². The summed E-state index contributed by atoms with van der Waals surface area (Å²) in [5, 5.41) is 10.5. The van der Waals surface area contributed by atoms with E-state index in [1.807, 2.05) is 0 Å². The van der Waals surface area contributed by atoms with Gasteiger partial charge >= 0.3 is 0 Å². The van der Waals surface area contributed by atoms with Crippen molar-refractivity contribution in [2.75, 3.05) is 13.1 Å². The average molecular weight is 181 g/mol. The number of hydrogen-bond donors (Lipinski definition) is 1. The number of likely N-dealkylation sites (tertiary alicyclic amines) is 1. The smallest absolute Gasteiger partial charge is 0.125 e. The summed E-state index contributed by atoms with van der Waals surface area (Å²) >= 11 is 0. The van der Waals surface area contributed by atoms with E-state index in [1.165, 1.54) is 38.5 Å². The van der Waals surface area contributed by atoms with Gasteiger partial charge in [-0.15, -0.1) is 0 Å². The van der Waals surface area contributed by atoms with Crippen molar-refractivity contribution in [3.63, 3.8) is 0 Å². The number of fused-ring (bicyclic) bond motifs is 1. The molecule has 2 heteroatoms. The van der Waals surface area contributed by atoms with E-state index in [0.29, 0.717) is 11.8 Å². The first-order valence-corrected chi connectivity index (χ1v) is 5.81. The molecule has 3 fully saturated rings. The van der Waals surface area contributed by atoms with E-state index in [2.05, 4.69) is 4.90 Å². The maximum absolute atomic E-state index is 10.5. The second-order valence-electron chi connectivity index (χ2n) is 4.97. The molecule has 0 aromatic heterocycles. The second-order valence-corrected chi connectivity index (χ2v) is 4.97. The number of nitrogens with zero attached hydrogens (tertiary/aromatic N) is 1. The molecule has 1 heterocycles. The highest BCUT2D eigenvalue weighted by Gasteiger charge is 2.66. The van der Waals surface area contributed by atoms with Crippen molar-refractivity contribution in [3.8, 4) is 0 Å². The first-order chi connectivity index (χ1) is 6.33. The molecule has 0 radical (unpaired) electrons. The molecule has 1 saturated heterocycles. The van der Waals surface area contributed by atoms with Crippen LogP contribution in [0.15, 0.2) is 0 Å². The number of aliphatic hydroxyl groups is 1. The summed E-state index contributed by atoms with van der Waals surface area (Å²) in [6, 6.07) is 0. The molecule has 0 aromatic rings. The van der Waals surface area contributed by atoms with Crippen molar-refractivity contribution < 1.29 is 5.11 Å². The summed E-state index contributed by atoms with van der Waals surface area (Å²) in [6.45, 7) is 2.28. The van der Waals surface area contributed by atoms with Crippen LogP contribution >= 0.6 is 0 Å². The third-order valence-electron chi connectivity index (χ3n) is 4.36. The summed E-state index contributed by atoms with van der Waals surface area (Å²) < 4.78 is 0. The predicted molar refractivity (Wildman–Crippen MR) is 51.2 cm³/mol. The molecule has 0 aromatic carbocycles. The van der Waals surface area contributed by atoms with Gasteiger partial charge in [-0.25, -0.2) is 0 Å². The molecule has 74 valence electrons. The summed E-state index contributed by atoms with van der Waals surface area (Å²) in [7, 11) is 0. The Kier molecular flexibility index (Phi) is 1.72. The zero-order chi connectivity index (χ0) is 8.89. The molecule has 2 saturated carbocycles. The highest BCUT2D eigenvalue weighted by Crippen LogP contribution is 2.60. The molecule has 3 atom stereocenters. The Bertz CT molecular complexity index is 198. The highest BCUT2D eigenvalue weighted by atomic mass is 16.3. The topological polar surface area (TPSA) is 23.5 Å². The Morgan fingerprint density at radius 3 is 2.00 bits per heavy atom. The fraction of sp³-hybridized carbons (Fsp3) is 1.00. The summed E-state index contributed by atoms with van der Waals surface area (Å²) in [5.41, 5.74) is -0.340. The van der Waals surface area contributed by atoms with Crippen LogP contribution in [-0.2, 0) is 0 Å².